The van der Waals surface area contributed by atoms with Crippen molar-refractivity contribution in [2.24, 2.45) is 0 Å². The lowest BCUT2D eigenvalue weighted by Crippen LogP contribution is -2.15. The third kappa shape index (κ3) is 3.83. The van der Waals surface area contributed by atoms with Gasteiger partial charge in [0.1, 0.15) is 5.76 Å². The van der Waals surface area contributed by atoms with Crippen molar-refractivity contribution in [2.75, 3.05) is 12.6 Å². The third-order valence-electron chi connectivity index (χ3n) is 2.72. The molecule has 1 unspecified atom stereocenters. The van der Waals surface area contributed by atoms with Crippen LogP contribution >= 0.6 is 8.73 Å². The number of hydrogen-bond acceptors (Lipinski definition) is 4. The lowest BCUT2D eigenvalue weighted by molar-refractivity contribution is 0.0982. The molecule has 6 heteroatoms. The highest BCUT2D eigenvalue weighted by Crippen LogP contribution is 2.21. The number of furan rings is 1. The molecule has 0 bridgehead atoms. The Bertz CT molecular complexity index is 583. The molecule has 1 aromatic heterocycles. The van der Waals surface area contributed by atoms with E-state index in [0.717, 1.165) is 11.3 Å². The van der Waals surface area contributed by atoms with Gasteiger partial charge in [-0.3, -0.25) is 9.63 Å². The van der Waals surface area contributed by atoms with Crippen LogP contribution in [-0.4, -0.2) is 13.0 Å². The minimum atomic E-state index is -0.0526. The van der Waals surface area contributed by atoms with E-state index in [-0.39, 0.29) is 14.6 Å². The van der Waals surface area contributed by atoms with Gasteiger partial charge in [0.05, 0.1) is 7.11 Å². The number of nitrogens with one attached hydrogen (secondary N) is 2. The van der Waals surface area contributed by atoms with Crippen LogP contribution in [0.2, 0.25) is 0 Å². The van der Waals surface area contributed by atoms with Gasteiger partial charge < -0.3 is 9.50 Å². The Morgan fingerprint density at radius 3 is 2.85 bits per heavy atom. The van der Waals surface area contributed by atoms with Crippen LogP contribution in [-0.2, 0) is 11.0 Å². The summed E-state index contributed by atoms with van der Waals surface area (Å²) in [6, 6.07) is 11.2. The largest absolute Gasteiger partial charge is 0.443 e. The van der Waals surface area contributed by atoms with Gasteiger partial charge in [0.2, 0.25) is 5.88 Å². The minimum absolute atomic E-state index is 0.0526. The zero-order valence-corrected chi connectivity index (χ0v) is 12.4. The molecule has 2 aromatic rings. The molecule has 1 aromatic carbocycles. The zero-order chi connectivity index (χ0) is 14.4. The molecule has 1 amide bonds. The Hall–Kier alpha value is -1.84. The molecule has 2 N–H and O–H groups in total. The van der Waals surface area contributed by atoms with Gasteiger partial charge in [0.15, 0.2) is 0 Å². The van der Waals surface area contributed by atoms with Crippen LogP contribution in [0.5, 0.6) is 0 Å². The average molecular weight is 292 g/mol. The lowest BCUT2D eigenvalue weighted by atomic mass is 10.1. The summed E-state index contributed by atoms with van der Waals surface area (Å²) in [5, 5.41) is 2.91. The maximum Gasteiger partial charge on any atom is 0.254 e. The molecule has 0 spiro atoms. The van der Waals surface area contributed by atoms with Crippen LogP contribution in [0.1, 0.15) is 21.7 Å². The normalized spacial score (nSPS) is 10.9. The van der Waals surface area contributed by atoms with Crippen molar-refractivity contribution in [3.8, 4) is 0 Å². The first kappa shape index (κ1) is 14.6. The van der Waals surface area contributed by atoms with Gasteiger partial charge in [-0.1, -0.05) is 18.2 Å². The highest BCUT2D eigenvalue weighted by molar-refractivity contribution is 7.35. The first-order valence-corrected chi connectivity index (χ1v) is 7.38. The highest BCUT2D eigenvalue weighted by atomic mass is 31.1. The number of hydrogen-bond donors (Lipinski definition) is 2. The van der Waals surface area contributed by atoms with Crippen molar-refractivity contribution in [2.45, 2.75) is 13.1 Å². The van der Waals surface area contributed by atoms with E-state index < -0.39 is 0 Å². The van der Waals surface area contributed by atoms with Crippen molar-refractivity contribution >= 4 is 20.5 Å². The molecule has 1 atom stereocenters. The SMILES string of the molecule is CONc1ccc(CPNC(=O)c2ccccc2C)o1. The molecule has 0 aliphatic heterocycles. The summed E-state index contributed by atoms with van der Waals surface area (Å²) in [6.45, 7) is 1.92. The molecular formula is C14H17N2O3P. The lowest BCUT2D eigenvalue weighted by Gasteiger charge is -2.06. The van der Waals surface area contributed by atoms with E-state index in [0.29, 0.717) is 17.6 Å². The van der Waals surface area contributed by atoms with Crippen LogP contribution in [0.4, 0.5) is 5.88 Å². The first-order chi connectivity index (χ1) is 9.70. The number of benzene rings is 1. The number of rotatable bonds is 6. The summed E-state index contributed by atoms with van der Waals surface area (Å²) in [5.41, 5.74) is 4.29. The summed E-state index contributed by atoms with van der Waals surface area (Å²) >= 11 is 0. The predicted molar refractivity (Wildman–Crippen MR) is 80.0 cm³/mol. The van der Waals surface area contributed by atoms with Gasteiger partial charge in [-0.25, -0.2) is 5.48 Å². The molecule has 2 rings (SSSR count). The van der Waals surface area contributed by atoms with E-state index in [1.807, 2.05) is 37.3 Å². The molecule has 0 aliphatic carbocycles. The summed E-state index contributed by atoms with van der Waals surface area (Å²) in [4.78, 5) is 16.7. The minimum Gasteiger partial charge on any atom is -0.443 e. The standard InChI is InChI=1S/C14H17N2O3P/c1-10-5-3-4-6-12(10)14(17)16-20-9-11-7-8-13(19-11)15-18-2/h3-8,15,20H,9H2,1-2H3,(H,16,17). The predicted octanol–water partition coefficient (Wildman–Crippen LogP) is 3.08. The molecule has 0 saturated carbocycles. The Kier molecular flexibility index (Phi) is 5.16. The van der Waals surface area contributed by atoms with Crippen molar-refractivity contribution < 1.29 is 14.0 Å². The fourth-order valence-corrected chi connectivity index (χ4v) is 2.48. The summed E-state index contributed by atoms with van der Waals surface area (Å²) < 4.78 is 5.45. The summed E-state index contributed by atoms with van der Waals surface area (Å²) in [6.07, 6.45) is 0.656. The Labute approximate surface area is 119 Å². The number of amides is 1. The van der Waals surface area contributed by atoms with Crippen molar-refractivity contribution in [1.29, 1.82) is 0 Å². The molecule has 106 valence electrons. The van der Waals surface area contributed by atoms with E-state index >= 15 is 0 Å². The molecule has 0 saturated heterocycles. The van der Waals surface area contributed by atoms with Crippen molar-refractivity contribution in [3.63, 3.8) is 0 Å². The average Bonchev–Trinajstić information content (AvgIpc) is 2.87. The topological polar surface area (TPSA) is 63.5 Å². The van der Waals surface area contributed by atoms with Crippen LogP contribution in [0.25, 0.3) is 0 Å². The molecule has 0 radical (unpaired) electrons. The van der Waals surface area contributed by atoms with Gasteiger partial charge in [0, 0.05) is 17.8 Å². The van der Waals surface area contributed by atoms with Crippen LogP contribution in [0.15, 0.2) is 40.8 Å². The fourth-order valence-electron chi connectivity index (χ4n) is 1.73. The van der Waals surface area contributed by atoms with Gasteiger partial charge in [-0.2, -0.15) is 0 Å². The summed E-state index contributed by atoms with van der Waals surface area (Å²) in [5.74, 6) is 1.30. The Morgan fingerprint density at radius 2 is 2.10 bits per heavy atom. The van der Waals surface area contributed by atoms with E-state index in [4.69, 9.17) is 9.25 Å². The third-order valence-corrected chi connectivity index (χ3v) is 3.65. The fraction of sp³-hybridized carbons (Fsp3) is 0.214. The molecule has 0 aliphatic rings. The number of carbonyl (C=O) groups excluding carboxylic acids is 1. The van der Waals surface area contributed by atoms with Gasteiger partial charge in [0.25, 0.3) is 5.91 Å². The van der Waals surface area contributed by atoms with Gasteiger partial charge in [-0.15, -0.1) is 0 Å². The van der Waals surface area contributed by atoms with Crippen LogP contribution in [0, 0.1) is 6.92 Å². The van der Waals surface area contributed by atoms with Crippen molar-refractivity contribution in [1.82, 2.24) is 5.09 Å². The van der Waals surface area contributed by atoms with E-state index in [1.54, 1.807) is 6.07 Å². The maximum absolute atomic E-state index is 12.0. The van der Waals surface area contributed by atoms with Crippen LogP contribution < -0.4 is 10.6 Å². The van der Waals surface area contributed by atoms with Gasteiger partial charge >= 0.3 is 0 Å². The highest BCUT2D eigenvalue weighted by Gasteiger charge is 2.08. The second kappa shape index (κ2) is 7.08. The number of anilines is 1. The first-order valence-electron chi connectivity index (χ1n) is 6.17. The number of carbonyl (C=O) groups is 1. The van der Waals surface area contributed by atoms with E-state index in [9.17, 15) is 4.79 Å². The van der Waals surface area contributed by atoms with E-state index in [1.165, 1.54) is 7.11 Å². The van der Waals surface area contributed by atoms with E-state index in [2.05, 4.69) is 10.6 Å². The second-order valence-electron chi connectivity index (χ2n) is 4.19. The zero-order valence-electron chi connectivity index (χ0n) is 11.4. The number of aryl methyl sites for hydroxylation is 1. The second-order valence-corrected chi connectivity index (χ2v) is 5.15. The maximum atomic E-state index is 12.0. The molecule has 20 heavy (non-hydrogen) atoms. The quantitative estimate of drug-likeness (QED) is 0.634. The molecule has 0 fully saturated rings. The van der Waals surface area contributed by atoms with Crippen molar-refractivity contribution in [3.05, 3.63) is 53.3 Å². The monoisotopic (exact) mass is 292 g/mol. The van der Waals surface area contributed by atoms with Crippen LogP contribution in [0.3, 0.4) is 0 Å². The van der Waals surface area contributed by atoms with Gasteiger partial charge in [-0.05, 0) is 33.4 Å². The Morgan fingerprint density at radius 1 is 1.30 bits per heavy atom. The summed E-state index contributed by atoms with van der Waals surface area (Å²) in [7, 11) is 1.79. The molecule has 5 nitrogen and oxygen atoms in total. The molecular weight excluding hydrogens is 275 g/mol. The Balaban J connectivity index is 1.83. The smallest absolute Gasteiger partial charge is 0.254 e. The molecule has 1 heterocycles.